The number of aliphatic carboxylic acids is 1. The summed E-state index contributed by atoms with van der Waals surface area (Å²) in [7, 11) is 0. The first-order valence-electron chi connectivity index (χ1n) is 10.3. The standard InChI is InChI=1S/C21H30N2O4S/c1-12-13(2)28-20(17(12)19(25)22-14-8-4-3-5-9-14)23-18(24)15-10-6-7-11-16(15)21(26)27/h14-16H,3-11H2,1-2H3,(H,22,25)(H,23,24)(H,26,27)/t15-,16+/m1/s1. The van der Waals surface area contributed by atoms with Gasteiger partial charge in [-0.3, -0.25) is 14.4 Å². The summed E-state index contributed by atoms with van der Waals surface area (Å²) < 4.78 is 0. The first kappa shape index (κ1) is 20.8. The van der Waals surface area contributed by atoms with Crippen LogP contribution in [-0.2, 0) is 9.59 Å². The zero-order valence-electron chi connectivity index (χ0n) is 16.7. The first-order valence-corrected chi connectivity index (χ1v) is 11.1. The quantitative estimate of drug-likeness (QED) is 0.681. The number of thiophene rings is 1. The molecule has 0 aliphatic heterocycles. The molecule has 0 saturated heterocycles. The van der Waals surface area contributed by atoms with Crippen LogP contribution in [0.4, 0.5) is 5.00 Å². The molecule has 2 atom stereocenters. The van der Waals surface area contributed by atoms with Crippen LogP contribution in [-0.4, -0.2) is 28.9 Å². The van der Waals surface area contributed by atoms with Crippen molar-refractivity contribution in [3.8, 4) is 0 Å². The molecule has 0 bridgehead atoms. The second-order valence-corrected chi connectivity index (χ2v) is 9.35. The molecule has 1 aromatic rings. The molecular formula is C21H30N2O4S. The summed E-state index contributed by atoms with van der Waals surface area (Å²) >= 11 is 1.39. The number of carboxylic acids is 1. The van der Waals surface area contributed by atoms with Gasteiger partial charge in [0, 0.05) is 10.9 Å². The van der Waals surface area contributed by atoms with Crippen molar-refractivity contribution in [2.75, 3.05) is 5.32 Å². The van der Waals surface area contributed by atoms with Crippen LogP contribution in [0.15, 0.2) is 0 Å². The van der Waals surface area contributed by atoms with Gasteiger partial charge in [0.2, 0.25) is 5.91 Å². The summed E-state index contributed by atoms with van der Waals surface area (Å²) in [4.78, 5) is 38.3. The number of carbonyl (C=O) groups excluding carboxylic acids is 2. The molecule has 0 aromatic carbocycles. The molecule has 3 rings (SSSR count). The number of carbonyl (C=O) groups is 3. The third kappa shape index (κ3) is 4.57. The van der Waals surface area contributed by atoms with Gasteiger partial charge in [0.25, 0.3) is 5.91 Å². The fourth-order valence-electron chi connectivity index (χ4n) is 4.44. The summed E-state index contributed by atoms with van der Waals surface area (Å²) in [5.41, 5.74) is 1.41. The molecule has 2 fully saturated rings. The summed E-state index contributed by atoms with van der Waals surface area (Å²) in [6.45, 7) is 3.84. The lowest BCUT2D eigenvalue weighted by molar-refractivity contribution is -0.147. The monoisotopic (exact) mass is 406 g/mol. The smallest absolute Gasteiger partial charge is 0.307 e. The molecule has 28 heavy (non-hydrogen) atoms. The van der Waals surface area contributed by atoms with Crippen molar-refractivity contribution in [3.05, 3.63) is 16.0 Å². The van der Waals surface area contributed by atoms with Crippen molar-refractivity contribution in [2.45, 2.75) is 77.7 Å². The van der Waals surface area contributed by atoms with E-state index in [1.54, 1.807) is 0 Å². The highest BCUT2D eigenvalue weighted by Crippen LogP contribution is 2.36. The lowest BCUT2D eigenvalue weighted by Gasteiger charge is -2.27. The van der Waals surface area contributed by atoms with Gasteiger partial charge in [-0.05, 0) is 45.1 Å². The van der Waals surface area contributed by atoms with Crippen molar-refractivity contribution in [3.63, 3.8) is 0 Å². The van der Waals surface area contributed by atoms with E-state index >= 15 is 0 Å². The van der Waals surface area contributed by atoms with Gasteiger partial charge in [0.05, 0.1) is 17.4 Å². The number of amides is 2. The third-order valence-electron chi connectivity index (χ3n) is 6.21. The van der Waals surface area contributed by atoms with Gasteiger partial charge in [-0.15, -0.1) is 11.3 Å². The minimum atomic E-state index is -0.909. The van der Waals surface area contributed by atoms with Crippen LogP contribution in [0, 0.1) is 25.7 Å². The van der Waals surface area contributed by atoms with E-state index in [-0.39, 0.29) is 17.9 Å². The Labute approximate surface area is 170 Å². The van der Waals surface area contributed by atoms with E-state index < -0.39 is 17.8 Å². The van der Waals surface area contributed by atoms with Crippen LogP contribution in [0.5, 0.6) is 0 Å². The van der Waals surface area contributed by atoms with Crippen LogP contribution in [0.25, 0.3) is 0 Å². The Kier molecular flexibility index (Phi) is 6.75. The maximum atomic E-state index is 12.9. The topological polar surface area (TPSA) is 95.5 Å². The number of nitrogens with one attached hydrogen (secondary N) is 2. The van der Waals surface area contributed by atoms with E-state index in [0.29, 0.717) is 23.4 Å². The lowest BCUT2D eigenvalue weighted by atomic mass is 9.79. The number of hydrogen-bond acceptors (Lipinski definition) is 4. The molecule has 1 heterocycles. The molecule has 0 spiro atoms. The molecule has 154 valence electrons. The Morgan fingerprint density at radius 3 is 2.18 bits per heavy atom. The molecular weight excluding hydrogens is 376 g/mol. The Bertz CT molecular complexity index is 752. The van der Waals surface area contributed by atoms with E-state index in [4.69, 9.17) is 0 Å². The van der Waals surface area contributed by atoms with Gasteiger partial charge in [-0.25, -0.2) is 0 Å². The van der Waals surface area contributed by atoms with Crippen LogP contribution >= 0.6 is 11.3 Å². The number of carboxylic acid groups (broad SMARTS) is 1. The van der Waals surface area contributed by atoms with Gasteiger partial charge < -0.3 is 15.7 Å². The molecule has 2 aliphatic carbocycles. The van der Waals surface area contributed by atoms with E-state index in [0.717, 1.165) is 49.0 Å². The van der Waals surface area contributed by atoms with Crippen molar-refractivity contribution < 1.29 is 19.5 Å². The van der Waals surface area contributed by atoms with Crippen LogP contribution in [0.2, 0.25) is 0 Å². The molecule has 3 N–H and O–H groups in total. The zero-order chi connectivity index (χ0) is 20.3. The minimum Gasteiger partial charge on any atom is -0.481 e. The molecule has 2 saturated carbocycles. The van der Waals surface area contributed by atoms with Crippen molar-refractivity contribution in [1.82, 2.24) is 5.32 Å². The highest BCUT2D eigenvalue weighted by atomic mass is 32.1. The number of hydrogen-bond donors (Lipinski definition) is 3. The fourth-order valence-corrected chi connectivity index (χ4v) is 5.50. The van der Waals surface area contributed by atoms with E-state index in [1.165, 1.54) is 17.8 Å². The van der Waals surface area contributed by atoms with Crippen molar-refractivity contribution in [1.29, 1.82) is 0 Å². The molecule has 6 nitrogen and oxygen atoms in total. The maximum Gasteiger partial charge on any atom is 0.307 e. The van der Waals surface area contributed by atoms with Crippen LogP contribution in [0.3, 0.4) is 0 Å². The molecule has 1 aromatic heterocycles. The largest absolute Gasteiger partial charge is 0.481 e. The van der Waals surface area contributed by atoms with Gasteiger partial charge in [0.15, 0.2) is 0 Å². The number of aryl methyl sites for hydroxylation is 1. The second kappa shape index (κ2) is 9.07. The summed E-state index contributed by atoms with van der Waals surface area (Å²) in [6.07, 6.45) is 8.29. The summed E-state index contributed by atoms with van der Waals surface area (Å²) in [5, 5.41) is 16.0. The highest BCUT2D eigenvalue weighted by molar-refractivity contribution is 7.16. The van der Waals surface area contributed by atoms with Crippen LogP contribution in [0.1, 0.15) is 78.6 Å². The SMILES string of the molecule is Cc1sc(NC(=O)[C@@H]2CCCC[C@@H]2C(=O)O)c(C(=O)NC2CCCCC2)c1C. The Hall–Kier alpha value is -1.89. The molecule has 7 heteroatoms. The number of anilines is 1. The van der Waals surface area contributed by atoms with Crippen molar-refractivity contribution >= 4 is 34.1 Å². The molecule has 0 unspecified atom stereocenters. The highest BCUT2D eigenvalue weighted by Gasteiger charge is 2.36. The normalized spacial score (nSPS) is 23.2. The van der Waals surface area contributed by atoms with Crippen molar-refractivity contribution in [2.24, 2.45) is 11.8 Å². The van der Waals surface area contributed by atoms with E-state index in [9.17, 15) is 19.5 Å². The van der Waals surface area contributed by atoms with E-state index in [2.05, 4.69) is 10.6 Å². The van der Waals surface area contributed by atoms with Gasteiger partial charge in [0.1, 0.15) is 5.00 Å². The minimum absolute atomic E-state index is 0.137. The van der Waals surface area contributed by atoms with Gasteiger partial charge in [-0.1, -0.05) is 32.1 Å². The Morgan fingerprint density at radius 2 is 1.54 bits per heavy atom. The van der Waals surface area contributed by atoms with E-state index in [1.807, 2.05) is 13.8 Å². The maximum absolute atomic E-state index is 12.9. The average Bonchev–Trinajstić information content (AvgIpc) is 2.96. The third-order valence-corrected chi connectivity index (χ3v) is 7.33. The lowest BCUT2D eigenvalue weighted by Crippen LogP contribution is -2.38. The molecule has 0 radical (unpaired) electrons. The van der Waals surface area contributed by atoms with Gasteiger partial charge >= 0.3 is 5.97 Å². The predicted molar refractivity (Wildman–Crippen MR) is 110 cm³/mol. The Morgan fingerprint density at radius 1 is 0.929 bits per heavy atom. The summed E-state index contributed by atoms with van der Waals surface area (Å²) in [6, 6.07) is 0.194. The second-order valence-electron chi connectivity index (χ2n) is 8.12. The van der Waals surface area contributed by atoms with Gasteiger partial charge in [-0.2, -0.15) is 0 Å². The summed E-state index contributed by atoms with van der Waals surface area (Å²) in [5.74, 6) is -2.50. The number of rotatable bonds is 5. The molecule has 2 aliphatic rings. The fraction of sp³-hybridized carbons (Fsp3) is 0.667. The Balaban J connectivity index is 1.76. The molecule has 2 amide bonds. The predicted octanol–water partition coefficient (Wildman–Crippen LogP) is 4.26. The van der Waals surface area contributed by atoms with Crippen LogP contribution < -0.4 is 10.6 Å². The zero-order valence-corrected chi connectivity index (χ0v) is 17.5. The first-order chi connectivity index (χ1) is 13.4. The average molecular weight is 407 g/mol.